The molecule has 0 radical (unpaired) electrons. The Kier molecular flexibility index (Phi) is 4.48. The molecule has 1 aliphatic rings. The van der Waals surface area contributed by atoms with Gasteiger partial charge in [-0.2, -0.15) is 0 Å². The Morgan fingerprint density at radius 3 is 2.91 bits per heavy atom. The van der Waals surface area contributed by atoms with Crippen LogP contribution in [-0.2, 0) is 19.4 Å². The van der Waals surface area contributed by atoms with E-state index in [2.05, 4.69) is 34.9 Å². The number of nitrogens with one attached hydrogen (secondary N) is 1. The first-order chi connectivity index (χ1) is 10.6. The van der Waals surface area contributed by atoms with Crippen LogP contribution in [-0.4, -0.2) is 26.7 Å². The van der Waals surface area contributed by atoms with Crippen LogP contribution in [0.4, 0.5) is 0 Å². The van der Waals surface area contributed by atoms with Gasteiger partial charge >= 0.3 is 0 Å². The predicted molar refractivity (Wildman–Crippen MR) is 88.1 cm³/mol. The molecule has 1 aromatic carbocycles. The number of phenolic OH excluding ortho intramolecular Hbond substituents is 1. The summed E-state index contributed by atoms with van der Waals surface area (Å²) in [5.41, 5.74) is 2.40. The average molecular weight is 299 g/mol. The highest BCUT2D eigenvalue weighted by Crippen LogP contribution is 2.17. The van der Waals surface area contributed by atoms with Crippen LogP contribution < -0.4 is 5.32 Å². The number of hydrogen-bond donors (Lipinski definition) is 2. The van der Waals surface area contributed by atoms with Crippen LogP contribution >= 0.6 is 0 Å². The summed E-state index contributed by atoms with van der Waals surface area (Å²) in [5, 5.41) is 13.1. The van der Waals surface area contributed by atoms with Gasteiger partial charge in [0.25, 0.3) is 0 Å². The lowest BCUT2D eigenvalue weighted by atomic mass is 10.0. The highest BCUT2D eigenvalue weighted by atomic mass is 16.3. The Bertz CT molecular complexity index is 618. The van der Waals surface area contributed by atoms with Gasteiger partial charge in [-0.05, 0) is 50.8 Å². The van der Waals surface area contributed by atoms with Crippen molar-refractivity contribution in [1.29, 1.82) is 0 Å². The Morgan fingerprint density at radius 2 is 2.14 bits per heavy atom. The van der Waals surface area contributed by atoms with Crippen molar-refractivity contribution in [3.63, 3.8) is 0 Å². The summed E-state index contributed by atoms with van der Waals surface area (Å²) >= 11 is 0. The maximum absolute atomic E-state index is 9.31. The Morgan fingerprint density at radius 1 is 1.36 bits per heavy atom. The average Bonchev–Trinajstić information content (AvgIpc) is 2.86. The maximum atomic E-state index is 9.31. The molecule has 1 aliphatic heterocycles. The minimum atomic E-state index is 0.337. The zero-order chi connectivity index (χ0) is 15.5. The second-order valence-electron chi connectivity index (χ2n) is 6.46. The molecule has 3 rings (SSSR count). The molecule has 0 saturated carbocycles. The number of hydrogen-bond acceptors (Lipinski definition) is 3. The smallest absolute Gasteiger partial charge is 0.115 e. The van der Waals surface area contributed by atoms with Crippen molar-refractivity contribution in [3.8, 4) is 5.75 Å². The highest BCUT2D eigenvalue weighted by molar-refractivity contribution is 5.25. The number of imidazole rings is 1. The molecule has 2 heterocycles. The van der Waals surface area contributed by atoms with Gasteiger partial charge in [0, 0.05) is 31.2 Å². The molecular weight excluding hydrogens is 274 g/mol. The van der Waals surface area contributed by atoms with Gasteiger partial charge in [0.1, 0.15) is 11.6 Å². The first kappa shape index (κ1) is 15.1. The third-order valence-corrected chi connectivity index (χ3v) is 4.44. The van der Waals surface area contributed by atoms with Gasteiger partial charge < -0.3 is 15.0 Å². The fourth-order valence-electron chi connectivity index (χ4n) is 3.25. The molecule has 4 nitrogen and oxygen atoms in total. The van der Waals surface area contributed by atoms with E-state index in [-0.39, 0.29) is 0 Å². The molecule has 0 amide bonds. The zero-order valence-corrected chi connectivity index (χ0v) is 13.4. The van der Waals surface area contributed by atoms with Gasteiger partial charge in [0.2, 0.25) is 0 Å². The summed E-state index contributed by atoms with van der Waals surface area (Å²) in [5.74, 6) is 1.57. The number of fused-ring (bicyclic) bond motifs is 1. The van der Waals surface area contributed by atoms with Crippen molar-refractivity contribution in [1.82, 2.24) is 14.9 Å². The predicted octanol–water partition coefficient (Wildman–Crippen LogP) is 2.82. The van der Waals surface area contributed by atoms with E-state index >= 15 is 0 Å². The number of aryl methyl sites for hydroxylation is 3. The minimum Gasteiger partial charge on any atom is -0.508 e. The lowest BCUT2D eigenvalue weighted by Crippen LogP contribution is -2.42. The van der Waals surface area contributed by atoms with Gasteiger partial charge in [0.05, 0.1) is 5.69 Å². The molecule has 0 spiro atoms. The molecule has 0 aliphatic carbocycles. The SMILES string of the molecule is Cc1cn2c(n1)CC[C@H](N[C@@H](C)CCc1ccc(O)cc1)C2. The summed E-state index contributed by atoms with van der Waals surface area (Å²) in [4.78, 5) is 4.56. The molecule has 0 saturated heterocycles. The van der Waals surface area contributed by atoms with Crippen LogP contribution in [0.15, 0.2) is 30.5 Å². The number of aromatic hydroxyl groups is 1. The molecular formula is C18H25N3O. The van der Waals surface area contributed by atoms with Crippen molar-refractivity contribution in [2.24, 2.45) is 0 Å². The normalized spacial score (nSPS) is 18.9. The molecule has 4 heteroatoms. The van der Waals surface area contributed by atoms with Gasteiger partial charge in [-0.25, -0.2) is 4.98 Å². The van der Waals surface area contributed by atoms with E-state index in [0.29, 0.717) is 17.8 Å². The fraction of sp³-hybridized carbons (Fsp3) is 0.500. The summed E-state index contributed by atoms with van der Waals surface area (Å²) in [7, 11) is 0. The molecule has 1 aromatic heterocycles. The summed E-state index contributed by atoms with van der Waals surface area (Å²) in [6.45, 7) is 5.35. The van der Waals surface area contributed by atoms with Crippen LogP contribution in [0.5, 0.6) is 5.75 Å². The van der Waals surface area contributed by atoms with Crippen molar-refractivity contribution in [2.45, 2.75) is 58.2 Å². The van der Waals surface area contributed by atoms with Crippen molar-refractivity contribution >= 4 is 0 Å². The van der Waals surface area contributed by atoms with Crippen LogP contribution in [0.25, 0.3) is 0 Å². The summed E-state index contributed by atoms with van der Waals surface area (Å²) in [6.07, 6.45) is 6.54. The Balaban J connectivity index is 1.48. The monoisotopic (exact) mass is 299 g/mol. The number of benzene rings is 1. The molecule has 0 unspecified atom stereocenters. The first-order valence-corrected chi connectivity index (χ1v) is 8.17. The number of phenols is 1. The van der Waals surface area contributed by atoms with Crippen LogP contribution in [0, 0.1) is 6.92 Å². The van der Waals surface area contributed by atoms with Crippen LogP contribution in [0.2, 0.25) is 0 Å². The lowest BCUT2D eigenvalue weighted by molar-refractivity contribution is 0.341. The van der Waals surface area contributed by atoms with E-state index in [1.807, 2.05) is 12.1 Å². The summed E-state index contributed by atoms with van der Waals surface area (Å²) in [6, 6.07) is 8.56. The topological polar surface area (TPSA) is 50.1 Å². The molecule has 0 fully saturated rings. The Labute approximate surface area is 132 Å². The van der Waals surface area contributed by atoms with Gasteiger partial charge in [-0.1, -0.05) is 12.1 Å². The van der Waals surface area contributed by atoms with E-state index in [1.165, 1.54) is 17.8 Å². The number of aromatic nitrogens is 2. The van der Waals surface area contributed by atoms with Crippen molar-refractivity contribution in [2.75, 3.05) is 0 Å². The molecule has 118 valence electrons. The molecule has 2 aromatic rings. The van der Waals surface area contributed by atoms with Crippen molar-refractivity contribution in [3.05, 3.63) is 47.5 Å². The largest absolute Gasteiger partial charge is 0.508 e. The molecule has 2 N–H and O–H groups in total. The van der Waals surface area contributed by atoms with Gasteiger partial charge in [-0.15, -0.1) is 0 Å². The van der Waals surface area contributed by atoms with Crippen LogP contribution in [0.3, 0.4) is 0 Å². The van der Waals surface area contributed by atoms with Crippen LogP contribution in [0.1, 0.15) is 36.8 Å². The second-order valence-corrected chi connectivity index (χ2v) is 6.46. The van der Waals surface area contributed by atoms with E-state index < -0.39 is 0 Å². The third kappa shape index (κ3) is 3.69. The van der Waals surface area contributed by atoms with E-state index in [1.54, 1.807) is 12.1 Å². The van der Waals surface area contributed by atoms with E-state index in [9.17, 15) is 5.11 Å². The number of rotatable bonds is 5. The van der Waals surface area contributed by atoms with E-state index in [0.717, 1.165) is 31.5 Å². The lowest BCUT2D eigenvalue weighted by Gasteiger charge is -2.28. The zero-order valence-electron chi connectivity index (χ0n) is 13.4. The fourth-order valence-corrected chi connectivity index (χ4v) is 3.25. The quantitative estimate of drug-likeness (QED) is 0.892. The Hall–Kier alpha value is -1.81. The van der Waals surface area contributed by atoms with Gasteiger partial charge in [0.15, 0.2) is 0 Å². The van der Waals surface area contributed by atoms with Crippen molar-refractivity contribution < 1.29 is 5.11 Å². The standard InChI is InChI=1S/C18H25N3O/c1-13(3-4-15-5-8-17(22)9-6-15)19-16-7-10-18-20-14(2)11-21(18)12-16/h5-6,8-9,11,13,16,19,22H,3-4,7,10,12H2,1-2H3/t13-,16-/m0/s1. The highest BCUT2D eigenvalue weighted by Gasteiger charge is 2.20. The maximum Gasteiger partial charge on any atom is 0.115 e. The molecule has 2 atom stereocenters. The summed E-state index contributed by atoms with van der Waals surface area (Å²) < 4.78 is 2.29. The molecule has 0 bridgehead atoms. The first-order valence-electron chi connectivity index (χ1n) is 8.17. The van der Waals surface area contributed by atoms with Gasteiger partial charge in [-0.3, -0.25) is 0 Å². The molecule has 22 heavy (non-hydrogen) atoms. The third-order valence-electron chi connectivity index (χ3n) is 4.44. The minimum absolute atomic E-state index is 0.337. The number of nitrogens with zero attached hydrogens (tertiary/aromatic N) is 2. The van der Waals surface area contributed by atoms with E-state index in [4.69, 9.17) is 0 Å². The second kappa shape index (κ2) is 6.53.